The zero-order valence-electron chi connectivity index (χ0n) is 7.22. The van der Waals surface area contributed by atoms with E-state index in [-0.39, 0.29) is 17.1 Å². The number of nitro groups is 1. The molecule has 0 N–H and O–H groups in total. The van der Waals surface area contributed by atoms with Gasteiger partial charge < -0.3 is 0 Å². The highest BCUT2D eigenvalue weighted by molar-refractivity contribution is 5.92. The van der Waals surface area contributed by atoms with Crippen LogP contribution in [-0.4, -0.2) is 15.7 Å². The van der Waals surface area contributed by atoms with Crippen LogP contribution in [0.25, 0.3) is 0 Å². The van der Waals surface area contributed by atoms with Gasteiger partial charge in [0.15, 0.2) is 5.78 Å². The molecule has 1 rings (SSSR count). The monoisotopic (exact) mass is 191 g/mol. The number of Topliss-reactive ketones (excluding diaryl/α,β-unsaturated/α-hetero) is 1. The van der Waals surface area contributed by atoms with Crippen LogP contribution in [0, 0.1) is 21.4 Å². The predicted molar refractivity (Wildman–Crippen MR) is 45.6 cm³/mol. The van der Waals surface area contributed by atoms with Gasteiger partial charge in [0.25, 0.3) is 5.69 Å². The van der Waals surface area contributed by atoms with Crippen LogP contribution < -0.4 is 0 Å². The summed E-state index contributed by atoms with van der Waals surface area (Å²) in [4.78, 5) is 24.2. The van der Waals surface area contributed by atoms with Crippen LogP contribution in [-0.2, 0) is 0 Å². The van der Waals surface area contributed by atoms with Gasteiger partial charge in [-0.05, 0) is 0 Å². The van der Waals surface area contributed by atoms with Crippen LogP contribution in [0.2, 0.25) is 0 Å². The van der Waals surface area contributed by atoms with Crippen LogP contribution in [0.4, 0.5) is 5.69 Å². The normalized spacial score (nSPS) is 9.14. The first-order valence-electron chi connectivity index (χ1n) is 3.62. The summed E-state index contributed by atoms with van der Waals surface area (Å²) in [5.74, 6) is -0.412. The van der Waals surface area contributed by atoms with Gasteiger partial charge in [0.05, 0.1) is 11.0 Å². The third kappa shape index (κ3) is 1.90. The summed E-state index contributed by atoms with van der Waals surface area (Å²) in [5, 5.41) is 18.9. The lowest BCUT2D eigenvalue weighted by Gasteiger charge is -1.96. The smallest absolute Gasteiger partial charge is 0.274 e. The zero-order chi connectivity index (χ0) is 10.7. The van der Waals surface area contributed by atoms with Crippen LogP contribution in [0.15, 0.2) is 12.1 Å². The molecule has 0 fully saturated rings. The average molecular weight is 191 g/mol. The molecule has 14 heavy (non-hydrogen) atoms. The minimum atomic E-state index is -0.672. The molecule has 0 saturated carbocycles. The minimum Gasteiger partial charge on any atom is -0.293 e. The number of rotatable bonds is 2. The van der Waals surface area contributed by atoms with Gasteiger partial charge in [-0.15, -0.1) is 0 Å². The van der Waals surface area contributed by atoms with Crippen molar-refractivity contribution in [1.82, 2.24) is 4.98 Å². The quantitative estimate of drug-likeness (QED) is 0.395. The third-order valence-electron chi connectivity index (χ3n) is 1.50. The fraction of sp³-hybridized carbons (Fsp3) is 0.125. The van der Waals surface area contributed by atoms with E-state index in [1.807, 2.05) is 0 Å². The summed E-state index contributed by atoms with van der Waals surface area (Å²) in [6.45, 7) is 1.23. The molecule has 0 aliphatic carbocycles. The van der Waals surface area contributed by atoms with E-state index < -0.39 is 10.7 Å². The Balaban J connectivity index is 3.36. The van der Waals surface area contributed by atoms with Gasteiger partial charge in [-0.3, -0.25) is 14.9 Å². The standard InChI is InChI=1S/C8H5N3O3/c1-5(12)8-3-7(11(13)14)2-6(4-9)10-8/h2-3H,1H3. The van der Waals surface area contributed by atoms with E-state index in [1.54, 1.807) is 6.07 Å². The highest BCUT2D eigenvalue weighted by atomic mass is 16.6. The number of pyridine rings is 1. The molecule has 0 spiro atoms. The number of nitriles is 1. The van der Waals surface area contributed by atoms with Crippen LogP contribution in [0.3, 0.4) is 0 Å². The Bertz CT molecular complexity index is 415. The molecule has 0 aromatic carbocycles. The summed E-state index contributed by atoms with van der Waals surface area (Å²) >= 11 is 0. The van der Waals surface area contributed by atoms with Gasteiger partial charge in [-0.25, -0.2) is 4.98 Å². The molecule has 6 heteroatoms. The highest BCUT2D eigenvalue weighted by Gasteiger charge is 2.13. The Morgan fingerprint density at radius 2 is 2.29 bits per heavy atom. The molecule has 0 saturated heterocycles. The maximum Gasteiger partial charge on any atom is 0.274 e. The van der Waals surface area contributed by atoms with Crippen molar-refractivity contribution in [1.29, 1.82) is 5.26 Å². The molecule has 0 atom stereocenters. The van der Waals surface area contributed by atoms with Gasteiger partial charge in [0.1, 0.15) is 17.5 Å². The molecule has 0 aliphatic heterocycles. The van der Waals surface area contributed by atoms with Crippen molar-refractivity contribution in [2.24, 2.45) is 0 Å². The van der Waals surface area contributed by atoms with Gasteiger partial charge in [-0.2, -0.15) is 5.26 Å². The minimum absolute atomic E-state index is 0.0734. The Kier molecular flexibility index (Phi) is 2.53. The molecular weight excluding hydrogens is 186 g/mol. The van der Waals surface area contributed by atoms with E-state index in [4.69, 9.17) is 5.26 Å². The molecule has 0 unspecified atom stereocenters. The number of ketones is 1. The Morgan fingerprint density at radius 1 is 1.64 bits per heavy atom. The number of aromatic nitrogens is 1. The average Bonchev–Trinajstić information content (AvgIpc) is 2.16. The van der Waals surface area contributed by atoms with Crippen molar-refractivity contribution in [2.75, 3.05) is 0 Å². The second-order valence-corrected chi connectivity index (χ2v) is 2.52. The molecule has 70 valence electrons. The zero-order valence-corrected chi connectivity index (χ0v) is 7.22. The summed E-state index contributed by atoms with van der Waals surface area (Å²) < 4.78 is 0. The first kappa shape index (κ1) is 9.80. The maximum atomic E-state index is 10.9. The largest absolute Gasteiger partial charge is 0.293 e. The molecule has 1 heterocycles. The Hall–Kier alpha value is -2.29. The van der Waals surface area contributed by atoms with Crippen molar-refractivity contribution < 1.29 is 9.72 Å². The number of nitrogens with zero attached hydrogens (tertiary/aromatic N) is 3. The predicted octanol–water partition coefficient (Wildman–Crippen LogP) is 1.06. The fourth-order valence-corrected chi connectivity index (χ4v) is 0.859. The lowest BCUT2D eigenvalue weighted by Crippen LogP contribution is -2.01. The first-order valence-corrected chi connectivity index (χ1v) is 3.62. The van der Waals surface area contributed by atoms with Crippen LogP contribution >= 0.6 is 0 Å². The maximum absolute atomic E-state index is 10.9. The van der Waals surface area contributed by atoms with Gasteiger partial charge in [0, 0.05) is 13.0 Å². The third-order valence-corrected chi connectivity index (χ3v) is 1.50. The number of carbonyl (C=O) groups is 1. The Morgan fingerprint density at radius 3 is 2.71 bits per heavy atom. The van der Waals surface area contributed by atoms with E-state index in [0.717, 1.165) is 12.1 Å². The molecule has 6 nitrogen and oxygen atoms in total. The molecule has 1 aromatic heterocycles. The second kappa shape index (κ2) is 3.62. The van der Waals surface area contributed by atoms with E-state index in [2.05, 4.69) is 4.98 Å². The second-order valence-electron chi connectivity index (χ2n) is 2.52. The summed E-state index contributed by atoms with van der Waals surface area (Å²) in [6, 6.07) is 3.71. The summed E-state index contributed by atoms with van der Waals surface area (Å²) in [7, 11) is 0. The molecule has 0 amide bonds. The van der Waals surface area contributed by atoms with Gasteiger partial charge in [-0.1, -0.05) is 0 Å². The summed E-state index contributed by atoms with van der Waals surface area (Å²) in [6.07, 6.45) is 0. The topological polar surface area (TPSA) is 96.9 Å². The first-order chi connectivity index (χ1) is 6.54. The van der Waals surface area contributed by atoms with Crippen molar-refractivity contribution in [3.8, 4) is 6.07 Å². The molecule has 0 bridgehead atoms. The van der Waals surface area contributed by atoms with Crippen LogP contribution in [0.5, 0.6) is 0 Å². The van der Waals surface area contributed by atoms with E-state index in [9.17, 15) is 14.9 Å². The van der Waals surface area contributed by atoms with E-state index in [1.165, 1.54) is 6.92 Å². The van der Waals surface area contributed by atoms with E-state index >= 15 is 0 Å². The molecule has 0 radical (unpaired) electrons. The number of carbonyl (C=O) groups excluding carboxylic acids is 1. The Labute approximate surface area is 79.0 Å². The van der Waals surface area contributed by atoms with Crippen molar-refractivity contribution in [3.63, 3.8) is 0 Å². The van der Waals surface area contributed by atoms with Crippen molar-refractivity contribution in [2.45, 2.75) is 6.92 Å². The highest BCUT2D eigenvalue weighted by Crippen LogP contribution is 2.13. The number of hydrogen-bond donors (Lipinski definition) is 0. The summed E-state index contributed by atoms with van der Waals surface area (Å²) in [5.41, 5.74) is -0.512. The van der Waals surface area contributed by atoms with Crippen molar-refractivity contribution >= 4 is 11.5 Å². The van der Waals surface area contributed by atoms with Gasteiger partial charge in [0.2, 0.25) is 0 Å². The SMILES string of the molecule is CC(=O)c1cc([N+](=O)[O-])cc(C#N)n1. The van der Waals surface area contributed by atoms with Crippen LogP contribution in [0.1, 0.15) is 23.1 Å². The fourth-order valence-electron chi connectivity index (χ4n) is 0.859. The molecule has 1 aromatic rings. The van der Waals surface area contributed by atoms with Gasteiger partial charge >= 0.3 is 0 Å². The van der Waals surface area contributed by atoms with E-state index in [0.29, 0.717) is 0 Å². The van der Waals surface area contributed by atoms with Crippen molar-refractivity contribution in [3.05, 3.63) is 33.6 Å². The number of hydrogen-bond acceptors (Lipinski definition) is 5. The molecule has 0 aliphatic rings. The molecular formula is C8H5N3O3. The lowest BCUT2D eigenvalue weighted by atomic mass is 10.2. The lowest BCUT2D eigenvalue weighted by molar-refractivity contribution is -0.385.